The van der Waals surface area contributed by atoms with Crippen LogP contribution in [0, 0.1) is 5.41 Å². The van der Waals surface area contributed by atoms with E-state index in [9.17, 15) is 18.0 Å². The molecule has 152 valence electrons. The number of hydrogen-bond acceptors (Lipinski definition) is 2. The number of nitrogens with one attached hydrogen (secondary N) is 1. The van der Waals surface area contributed by atoms with Crippen molar-refractivity contribution in [2.45, 2.75) is 58.7 Å². The van der Waals surface area contributed by atoms with E-state index in [1.54, 1.807) is 26.0 Å². The molecule has 1 unspecified atom stereocenters. The van der Waals surface area contributed by atoms with Gasteiger partial charge in [0.15, 0.2) is 0 Å². The smallest absolute Gasteiger partial charge is 0.287 e. The van der Waals surface area contributed by atoms with Gasteiger partial charge in [-0.2, -0.15) is 13.2 Å². The van der Waals surface area contributed by atoms with Gasteiger partial charge in [0.05, 0.1) is 5.41 Å². The lowest BCUT2D eigenvalue weighted by Crippen LogP contribution is -2.44. The fraction of sp³-hybridized carbons (Fsp3) is 0.500. The molecule has 1 aliphatic rings. The number of rotatable bonds is 6. The molecule has 0 spiro atoms. The number of aryl methyl sites for hydroxylation is 1. The number of amides is 1. The summed E-state index contributed by atoms with van der Waals surface area (Å²) in [5, 5.41) is 2.86. The van der Waals surface area contributed by atoms with Crippen molar-refractivity contribution in [2.75, 3.05) is 6.54 Å². The number of unbranched alkanes of at least 4 members (excludes halogenated alkanes) is 2. The molecule has 0 saturated carbocycles. The predicted octanol–water partition coefficient (Wildman–Crippen LogP) is 5.55. The number of fused-ring (bicyclic) bond motifs is 1. The van der Waals surface area contributed by atoms with Crippen LogP contribution in [0.25, 0.3) is 10.8 Å². The lowest BCUT2D eigenvalue weighted by Gasteiger charge is -2.32. The summed E-state index contributed by atoms with van der Waals surface area (Å²) in [5.41, 5.74) is 2.57. The van der Waals surface area contributed by atoms with Crippen molar-refractivity contribution in [3.8, 4) is 0 Å². The Morgan fingerprint density at radius 1 is 1.14 bits per heavy atom. The summed E-state index contributed by atoms with van der Waals surface area (Å²) >= 11 is 0. The second kappa shape index (κ2) is 7.74. The van der Waals surface area contributed by atoms with Crippen LogP contribution in [0.2, 0.25) is 0 Å². The standard InChI is InChI=1S/C22H27F3N2O/c1-4-5-6-11-17-16-10-8-7-9-15(16)12-13-18(17)19(22(23,24)25)27-14-21(2,3)20(28)26-27/h7-10,12-13,19H,4-6,11,14H2,1-3H3,(H,26,28). The number of hydrogen-bond donors (Lipinski definition) is 1. The third-order valence-corrected chi connectivity index (χ3v) is 5.45. The van der Waals surface area contributed by atoms with Gasteiger partial charge in [-0.15, -0.1) is 0 Å². The molecule has 1 fully saturated rings. The topological polar surface area (TPSA) is 32.3 Å². The van der Waals surface area contributed by atoms with Crippen molar-refractivity contribution in [3.05, 3.63) is 47.5 Å². The first-order valence-electron chi connectivity index (χ1n) is 9.80. The predicted molar refractivity (Wildman–Crippen MR) is 105 cm³/mol. The van der Waals surface area contributed by atoms with E-state index in [0.717, 1.165) is 40.6 Å². The van der Waals surface area contributed by atoms with Crippen molar-refractivity contribution < 1.29 is 18.0 Å². The Morgan fingerprint density at radius 3 is 2.46 bits per heavy atom. The fourth-order valence-corrected chi connectivity index (χ4v) is 3.94. The van der Waals surface area contributed by atoms with Crippen LogP contribution in [0.3, 0.4) is 0 Å². The molecule has 6 heteroatoms. The van der Waals surface area contributed by atoms with E-state index in [0.29, 0.717) is 6.42 Å². The Labute approximate surface area is 163 Å². The number of halogens is 3. The number of nitrogens with zero attached hydrogens (tertiary/aromatic N) is 1. The van der Waals surface area contributed by atoms with E-state index in [2.05, 4.69) is 12.3 Å². The van der Waals surface area contributed by atoms with Crippen LogP contribution in [0.5, 0.6) is 0 Å². The molecule has 1 N–H and O–H groups in total. The van der Waals surface area contributed by atoms with Crippen LogP contribution in [-0.2, 0) is 11.2 Å². The largest absolute Gasteiger partial charge is 0.409 e. The summed E-state index contributed by atoms with van der Waals surface area (Å²) in [6.07, 6.45) is -1.12. The molecular weight excluding hydrogens is 365 g/mol. The number of hydrazine groups is 1. The second-order valence-corrected chi connectivity index (χ2v) is 8.21. The molecule has 0 radical (unpaired) electrons. The molecule has 28 heavy (non-hydrogen) atoms. The number of alkyl halides is 3. The average molecular weight is 392 g/mol. The van der Waals surface area contributed by atoms with Crippen molar-refractivity contribution in [1.82, 2.24) is 10.4 Å². The summed E-state index contributed by atoms with van der Waals surface area (Å²) in [7, 11) is 0. The highest BCUT2D eigenvalue weighted by atomic mass is 19.4. The Morgan fingerprint density at radius 2 is 1.86 bits per heavy atom. The second-order valence-electron chi connectivity index (χ2n) is 8.21. The fourth-order valence-electron chi connectivity index (χ4n) is 3.94. The molecule has 1 heterocycles. The monoisotopic (exact) mass is 392 g/mol. The molecule has 1 atom stereocenters. The summed E-state index contributed by atoms with van der Waals surface area (Å²) in [6, 6.07) is 9.03. The molecule has 3 nitrogen and oxygen atoms in total. The lowest BCUT2D eigenvalue weighted by molar-refractivity contribution is -0.191. The maximum absolute atomic E-state index is 14.2. The zero-order valence-corrected chi connectivity index (χ0v) is 16.6. The zero-order chi connectivity index (χ0) is 20.5. The highest BCUT2D eigenvalue weighted by Crippen LogP contribution is 2.43. The summed E-state index contributed by atoms with van der Waals surface area (Å²) in [6.45, 7) is 5.41. The van der Waals surface area contributed by atoms with Gasteiger partial charge in [-0.3, -0.25) is 10.2 Å². The van der Waals surface area contributed by atoms with E-state index in [-0.39, 0.29) is 18.0 Å². The molecule has 2 aromatic carbocycles. The van der Waals surface area contributed by atoms with Crippen molar-refractivity contribution in [3.63, 3.8) is 0 Å². The number of carbonyl (C=O) groups is 1. The van der Waals surface area contributed by atoms with E-state index in [4.69, 9.17) is 0 Å². The average Bonchev–Trinajstić information content (AvgIpc) is 2.87. The van der Waals surface area contributed by atoms with E-state index in [1.165, 1.54) is 0 Å². The van der Waals surface area contributed by atoms with Crippen LogP contribution < -0.4 is 5.43 Å². The SMILES string of the molecule is CCCCCc1c(C(N2CC(C)(C)C(=O)N2)C(F)(F)F)ccc2ccccc12. The zero-order valence-electron chi connectivity index (χ0n) is 16.6. The van der Waals surface area contributed by atoms with Gasteiger partial charge in [0.1, 0.15) is 6.04 Å². The van der Waals surface area contributed by atoms with Gasteiger partial charge in [0.25, 0.3) is 0 Å². The van der Waals surface area contributed by atoms with E-state index < -0.39 is 17.6 Å². The summed E-state index contributed by atoms with van der Waals surface area (Å²) in [4.78, 5) is 12.2. The Balaban J connectivity index is 2.12. The first kappa shape index (κ1) is 20.6. The molecule has 2 aromatic rings. The van der Waals surface area contributed by atoms with Gasteiger partial charge in [-0.25, -0.2) is 5.01 Å². The van der Waals surface area contributed by atoms with Gasteiger partial charge in [0.2, 0.25) is 5.91 Å². The van der Waals surface area contributed by atoms with Crippen LogP contribution >= 0.6 is 0 Å². The van der Waals surface area contributed by atoms with E-state index >= 15 is 0 Å². The normalized spacial score (nSPS) is 18.4. The molecule has 0 aliphatic carbocycles. The molecule has 1 aliphatic heterocycles. The number of benzene rings is 2. The molecule has 1 saturated heterocycles. The first-order valence-corrected chi connectivity index (χ1v) is 9.80. The van der Waals surface area contributed by atoms with Crippen molar-refractivity contribution in [2.24, 2.45) is 5.41 Å². The molecular formula is C22H27F3N2O. The van der Waals surface area contributed by atoms with Crippen LogP contribution in [-0.4, -0.2) is 23.6 Å². The Hall–Kier alpha value is -2.08. The van der Waals surface area contributed by atoms with Crippen LogP contribution in [0.4, 0.5) is 13.2 Å². The summed E-state index contributed by atoms with van der Waals surface area (Å²) in [5.74, 6) is -0.380. The number of carbonyl (C=O) groups excluding carboxylic acids is 1. The quantitative estimate of drug-likeness (QED) is 0.654. The van der Waals surface area contributed by atoms with E-state index in [1.807, 2.05) is 24.3 Å². The lowest BCUT2D eigenvalue weighted by atomic mass is 9.89. The van der Waals surface area contributed by atoms with Crippen LogP contribution in [0.15, 0.2) is 36.4 Å². The van der Waals surface area contributed by atoms with Gasteiger partial charge in [-0.05, 0) is 48.6 Å². The minimum Gasteiger partial charge on any atom is -0.287 e. The third kappa shape index (κ3) is 4.02. The minimum atomic E-state index is -4.50. The minimum absolute atomic E-state index is 0.0111. The van der Waals surface area contributed by atoms with Gasteiger partial charge in [-0.1, -0.05) is 56.2 Å². The summed E-state index contributed by atoms with van der Waals surface area (Å²) < 4.78 is 42.6. The van der Waals surface area contributed by atoms with Gasteiger partial charge < -0.3 is 0 Å². The highest BCUT2D eigenvalue weighted by molar-refractivity contribution is 5.87. The highest BCUT2D eigenvalue weighted by Gasteiger charge is 2.51. The Kier molecular flexibility index (Phi) is 5.71. The van der Waals surface area contributed by atoms with Crippen molar-refractivity contribution >= 4 is 16.7 Å². The maximum atomic E-state index is 14.2. The molecule has 0 bridgehead atoms. The molecule has 0 aromatic heterocycles. The van der Waals surface area contributed by atoms with Gasteiger partial charge >= 0.3 is 6.18 Å². The third-order valence-electron chi connectivity index (χ3n) is 5.45. The Bertz CT molecular complexity index is 860. The molecule has 1 amide bonds. The first-order chi connectivity index (χ1) is 13.1. The maximum Gasteiger partial charge on any atom is 0.409 e. The van der Waals surface area contributed by atoms with Gasteiger partial charge in [0, 0.05) is 6.54 Å². The molecule has 3 rings (SSSR count). The van der Waals surface area contributed by atoms with Crippen molar-refractivity contribution in [1.29, 1.82) is 0 Å². The van der Waals surface area contributed by atoms with Crippen LogP contribution in [0.1, 0.15) is 57.2 Å².